The molecule has 0 aromatic heterocycles. The van der Waals surface area contributed by atoms with E-state index in [1.807, 2.05) is 54.6 Å². The van der Waals surface area contributed by atoms with Gasteiger partial charge in [-0.05, 0) is 28.5 Å². The van der Waals surface area contributed by atoms with Gasteiger partial charge in [-0.1, -0.05) is 54.6 Å². The number of phenolic OH excluding ortho intramolecular Hbond substituents is 1. The zero-order valence-electron chi connectivity index (χ0n) is 13.8. The van der Waals surface area contributed by atoms with Crippen molar-refractivity contribution >= 4 is 16.7 Å². The van der Waals surface area contributed by atoms with E-state index in [4.69, 9.17) is 4.74 Å². The minimum atomic E-state index is -0.160. The number of hydrogen-bond acceptors (Lipinski definition) is 3. The summed E-state index contributed by atoms with van der Waals surface area (Å²) in [6, 6.07) is 21.0. The van der Waals surface area contributed by atoms with Crippen LogP contribution in [-0.4, -0.2) is 35.6 Å². The first-order valence-corrected chi connectivity index (χ1v) is 8.40. The van der Waals surface area contributed by atoms with Crippen molar-refractivity contribution in [1.29, 1.82) is 0 Å². The summed E-state index contributed by atoms with van der Waals surface area (Å²) in [7, 11) is 0. The zero-order valence-corrected chi connectivity index (χ0v) is 13.8. The first kappa shape index (κ1) is 15.7. The fourth-order valence-electron chi connectivity index (χ4n) is 3.27. The lowest BCUT2D eigenvalue weighted by atomic mass is 10.0. The van der Waals surface area contributed by atoms with E-state index < -0.39 is 0 Å². The first-order chi connectivity index (χ1) is 12.2. The summed E-state index contributed by atoms with van der Waals surface area (Å²) in [5.74, 6) is -0.140. The maximum atomic E-state index is 13.0. The van der Waals surface area contributed by atoms with Gasteiger partial charge in [-0.2, -0.15) is 0 Å². The molecule has 1 amide bonds. The second-order valence-electron chi connectivity index (χ2n) is 6.24. The van der Waals surface area contributed by atoms with Crippen LogP contribution in [0.1, 0.15) is 22.0 Å². The summed E-state index contributed by atoms with van der Waals surface area (Å²) in [6.45, 7) is 1.49. The number of hydrogen-bond donors (Lipinski definition) is 1. The monoisotopic (exact) mass is 333 g/mol. The third kappa shape index (κ3) is 3.08. The van der Waals surface area contributed by atoms with Gasteiger partial charge in [0, 0.05) is 6.54 Å². The lowest BCUT2D eigenvalue weighted by Gasteiger charge is -2.33. The Morgan fingerprint density at radius 1 is 1.00 bits per heavy atom. The molecule has 1 fully saturated rings. The van der Waals surface area contributed by atoms with Gasteiger partial charge in [0.25, 0.3) is 5.91 Å². The SMILES string of the molecule is O=C(c1cc2ccccc2cc1O)N1CCOC(c2ccccc2)C1. The molecule has 4 nitrogen and oxygen atoms in total. The first-order valence-electron chi connectivity index (χ1n) is 8.40. The number of carbonyl (C=O) groups excluding carboxylic acids is 1. The van der Waals surface area contributed by atoms with Crippen LogP contribution >= 0.6 is 0 Å². The molecule has 4 heteroatoms. The number of carbonyl (C=O) groups is 1. The Morgan fingerprint density at radius 3 is 2.44 bits per heavy atom. The Bertz CT molecular complexity index is 907. The highest BCUT2D eigenvalue weighted by Gasteiger charge is 2.27. The maximum absolute atomic E-state index is 13.0. The molecule has 1 unspecified atom stereocenters. The Morgan fingerprint density at radius 2 is 1.68 bits per heavy atom. The summed E-state index contributed by atoms with van der Waals surface area (Å²) in [4.78, 5) is 14.7. The third-order valence-corrected chi connectivity index (χ3v) is 4.62. The summed E-state index contributed by atoms with van der Waals surface area (Å²) in [5.41, 5.74) is 1.40. The largest absolute Gasteiger partial charge is 0.507 e. The highest BCUT2D eigenvalue weighted by Crippen LogP contribution is 2.28. The second-order valence-corrected chi connectivity index (χ2v) is 6.24. The highest BCUT2D eigenvalue weighted by atomic mass is 16.5. The smallest absolute Gasteiger partial charge is 0.257 e. The number of phenols is 1. The molecule has 0 bridgehead atoms. The molecule has 1 heterocycles. The molecule has 1 N–H and O–H groups in total. The second kappa shape index (κ2) is 6.57. The normalized spacial score (nSPS) is 17.6. The van der Waals surface area contributed by atoms with E-state index in [0.29, 0.717) is 25.3 Å². The van der Waals surface area contributed by atoms with Crippen molar-refractivity contribution in [1.82, 2.24) is 4.90 Å². The average molecular weight is 333 g/mol. The van der Waals surface area contributed by atoms with Crippen LogP contribution in [0.3, 0.4) is 0 Å². The Balaban J connectivity index is 1.61. The third-order valence-electron chi connectivity index (χ3n) is 4.62. The summed E-state index contributed by atoms with van der Waals surface area (Å²) < 4.78 is 5.82. The van der Waals surface area contributed by atoms with Crippen LogP contribution in [0.25, 0.3) is 10.8 Å². The van der Waals surface area contributed by atoms with E-state index >= 15 is 0 Å². The highest BCUT2D eigenvalue weighted by molar-refractivity contribution is 6.01. The molecule has 25 heavy (non-hydrogen) atoms. The van der Waals surface area contributed by atoms with Crippen LogP contribution in [0.5, 0.6) is 5.75 Å². The van der Waals surface area contributed by atoms with Gasteiger partial charge < -0.3 is 14.7 Å². The van der Waals surface area contributed by atoms with E-state index in [2.05, 4.69) is 0 Å². The summed E-state index contributed by atoms with van der Waals surface area (Å²) in [5, 5.41) is 12.2. The van der Waals surface area contributed by atoms with Crippen LogP contribution in [0.15, 0.2) is 66.7 Å². The van der Waals surface area contributed by atoms with E-state index in [9.17, 15) is 9.90 Å². The molecular formula is C21H19NO3. The molecule has 0 radical (unpaired) electrons. The number of benzene rings is 3. The molecule has 0 saturated carbocycles. The molecule has 1 aliphatic heterocycles. The van der Waals surface area contributed by atoms with Crippen LogP contribution in [0, 0.1) is 0 Å². The topological polar surface area (TPSA) is 49.8 Å². The Labute approximate surface area is 146 Å². The molecule has 3 aromatic carbocycles. The Kier molecular flexibility index (Phi) is 4.12. The predicted octanol–water partition coefficient (Wildman–Crippen LogP) is 3.76. The van der Waals surface area contributed by atoms with Crippen molar-refractivity contribution < 1.29 is 14.6 Å². The van der Waals surface area contributed by atoms with E-state index in [1.54, 1.807) is 17.0 Å². The maximum Gasteiger partial charge on any atom is 0.257 e. The molecule has 126 valence electrons. The van der Waals surface area contributed by atoms with Gasteiger partial charge in [0.05, 0.1) is 18.7 Å². The summed E-state index contributed by atoms with van der Waals surface area (Å²) in [6.07, 6.45) is -0.138. The van der Waals surface area contributed by atoms with Gasteiger partial charge in [-0.3, -0.25) is 4.79 Å². The van der Waals surface area contributed by atoms with Gasteiger partial charge in [-0.15, -0.1) is 0 Å². The molecular weight excluding hydrogens is 314 g/mol. The number of rotatable bonds is 2. The molecule has 0 spiro atoms. The fraction of sp³-hybridized carbons (Fsp3) is 0.190. The predicted molar refractivity (Wildman–Crippen MR) is 96.7 cm³/mol. The lowest BCUT2D eigenvalue weighted by Crippen LogP contribution is -2.42. The van der Waals surface area contributed by atoms with Gasteiger partial charge in [0.1, 0.15) is 11.9 Å². The standard InChI is InChI=1S/C21H19NO3/c23-19-13-17-9-5-4-8-16(17)12-18(19)21(24)22-10-11-25-20(14-22)15-6-2-1-3-7-15/h1-9,12-13,20,23H,10-11,14H2. The summed E-state index contributed by atoms with van der Waals surface area (Å²) >= 11 is 0. The minimum Gasteiger partial charge on any atom is -0.507 e. The molecule has 1 atom stereocenters. The van der Waals surface area contributed by atoms with Gasteiger partial charge in [-0.25, -0.2) is 0 Å². The van der Waals surface area contributed by atoms with Crippen molar-refractivity contribution in [3.05, 3.63) is 77.9 Å². The van der Waals surface area contributed by atoms with Crippen molar-refractivity contribution in [3.8, 4) is 5.75 Å². The van der Waals surface area contributed by atoms with E-state index in [0.717, 1.165) is 16.3 Å². The number of amides is 1. The van der Waals surface area contributed by atoms with Crippen molar-refractivity contribution in [2.45, 2.75) is 6.10 Å². The lowest BCUT2D eigenvalue weighted by molar-refractivity contribution is -0.0229. The van der Waals surface area contributed by atoms with Crippen LogP contribution in [-0.2, 0) is 4.74 Å². The van der Waals surface area contributed by atoms with E-state index in [-0.39, 0.29) is 17.8 Å². The molecule has 4 rings (SSSR count). The van der Waals surface area contributed by atoms with Crippen molar-refractivity contribution in [2.24, 2.45) is 0 Å². The molecule has 1 aliphatic rings. The molecule has 3 aromatic rings. The molecule has 0 aliphatic carbocycles. The average Bonchev–Trinajstić information content (AvgIpc) is 2.68. The van der Waals surface area contributed by atoms with Gasteiger partial charge in [0.2, 0.25) is 0 Å². The number of nitrogens with zero attached hydrogens (tertiary/aromatic N) is 1. The Hall–Kier alpha value is -2.85. The quantitative estimate of drug-likeness (QED) is 0.777. The fourth-order valence-corrected chi connectivity index (χ4v) is 3.27. The van der Waals surface area contributed by atoms with Gasteiger partial charge >= 0.3 is 0 Å². The van der Waals surface area contributed by atoms with Crippen LogP contribution in [0.2, 0.25) is 0 Å². The van der Waals surface area contributed by atoms with E-state index in [1.165, 1.54) is 0 Å². The molecule has 1 saturated heterocycles. The number of ether oxygens (including phenoxy) is 1. The van der Waals surface area contributed by atoms with Gasteiger partial charge in [0.15, 0.2) is 0 Å². The number of morpholine rings is 1. The minimum absolute atomic E-state index is 0.0199. The van der Waals surface area contributed by atoms with Crippen LogP contribution < -0.4 is 0 Å². The van der Waals surface area contributed by atoms with Crippen molar-refractivity contribution in [3.63, 3.8) is 0 Å². The van der Waals surface area contributed by atoms with Crippen molar-refractivity contribution in [2.75, 3.05) is 19.7 Å². The van der Waals surface area contributed by atoms with Crippen LogP contribution in [0.4, 0.5) is 0 Å². The number of fused-ring (bicyclic) bond motifs is 1. The number of aromatic hydroxyl groups is 1. The zero-order chi connectivity index (χ0) is 17.2.